The number of hydrogen-bond donors (Lipinski definition) is 2. The van der Waals surface area contributed by atoms with E-state index in [1.165, 1.54) is 0 Å². The molecule has 0 aliphatic heterocycles. The summed E-state index contributed by atoms with van der Waals surface area (Å²) in [6.45, 7) is 0. The molecule has 31 heavy (non-hydrogen) atoms. The van der Waals surface area contributed by atoms with Crippen molar-refractivity contribution >= 4 is 27.6 Å². The third-order valence-electron chi connectivity index (χ3n) is 7.35. The van der Waals surface area contributed by atoms with Crippen LogP contribution in [-0.2, 0) is 7.05 Å². The van der Waals surface area contributed by atoms with E-state index in [4.69, 9.17) is 0 Å². The number of H-pyrrole nitrogens is 1. The van der Waals surface area contributed by atoms with Crippen molar-refractivity contribution in [2.45, 2.75) is 37.6 Å². The molecule has 0 radical (unpaired) electrons. The van der Waals surface area contributed by atoms with Crippen LogP contribution in [-0.4, -0.2) is 26.7 Å². The average Bonchev–Trinajstić information content (AvgIpc) is 3.07. The van der Waals surface area contributed by atoms with Gasteiger partial charge in [-0.3, -0.25) is 9.59 Å². The molecule has 2 aromatic carbocycles. The third-order valence-corrected chi connectivity index (χ3v) is 7.35. The second-order valence-corrected chi connectivity index (χ2v) is 9.31. The summed E-state index contributed by atoms with van der Waals surface area (Å²) in [6, 6.07) is 17.9. The van der Waals surface area contributed by atoms with Gasteiger partial charge in [0.1, 0.15) is 5.69 Å². The first-order chi connectivity index (χ1) is 15.0. The van der Waals surface area contributed by atoms with Gasteiger partial charge in [-0.15, -0.1) is 0 Å². The topological polar surface area (TPSA) is 79.8 Å². The van der Waals surface area contributed by atoms with Crippen LogP contribution in [0, 0.1) is 5.41 Å². The predicted octanol–water partition coefficient (Wildman–Crippen LogP) is 3.87. The number of para-hydroxylation sites is 1. The molecule has 4 aromatic rings. The van der Waals surface area contributed by atoms with Crippen LogP contribution in [0.4, 0.5) is 0 Å². The van der Waals surface area contributed by atoms with Gasteiger partial charge in [-0.25, -0.2) is 5.10 Å². The van der Waals surface area contributed by atoms with Crippen LogP contribution < -0.4 is 10.9 Å². The van der Waals surface area contributed by atoms with Crippen LogP contribution >= 0.6 is 0 Å². The lowest BCUT2D eigenvalue weighted by Gasteiger charge is -2.57. The van der Waals surface area contributed by atoms with E-state index in [0.717, 1.165) is 47.7 Å². The van der Waals surface area contributed by atoms with E-state index in [9.17, 15) is 9.59 Å². The van der Waals surface area contributed by atoms with E-state index in [0.29, 0.717) is 22.4 Å². The van der Waals surface area contributed by atoms with E-state index in [-0.39, 0.29) is 17.5 Å². The Morgan fingerprint density at radius 3 is 2.55 bits per heavy atom. The molecule has 156 valence electrons. The minimum atomic E-state index is -0.131. The lowest BCUT2D eigenvalue weighted by molar-refractivity contribution is -0.0197. The first-order valence-corrected chi connectivity index (χ1v) is 10.9. The summed E-state index contributed by atoms with van der Waals surface area (Å²) in [5, 5.41) is 13.0. The molecule has 1 spiro atoms. The Morgan fingerprint density at radius 2 is 1.77 bits per heavy atom. The van der Waals surface area contributed by atoms with Crippen LogP contribution in [0.2, 0.25) is 0 Å². The number of carbonyl (C=O) groups excluding carboxylic acids is 1. The molecule has 2 fully saturated rings. The Labute approximate surface area is 179 Å². The number of rotatable bonds is 3. The minimum absolute atomic E-state index is 0.00252. The zero-order valence-electron chi connectivity index (χ0n) is 17.4. The summed E-state index contributed by atoms with van der Waals surface area (Å²) in [4.78, 5) is 24.9. The lowest BCUT2D eigenvalue weighted by atomic mass is 9.49. The first kappa shape index (κ1) is 18.4. The summed E-state index contributed by atoms with van der Waals surface area (Å²) in [5.41, 5.74) is 2.95. The number of aromatic amines is 1. The number of hydrogen-bond acceptors (Lipinski definition) is 3. The Balaban J connectivity index is 1.12. The summed E-state index contributed by atoms with van der Waals surface area (Å²) < 4.78 is 1.96. The van der Waals surface area contributed by atoms with Crippen molar-refractivity contribution in [1.29, 1.82) is 0 Å². The van der Waals surface area contributed by atoms with Crippen LogP contribution in [0.1, 0.15) is 47.8 Å². The number of carbonyl (C=O) groups is 1. The number of aryl methyl sites for hydroxylation is 1. The Kier molecular flexibility index (Phi) is 3.88. The number of nitrogens with one attached hydrogen (secondary N) is 2. The van der Waals surface area contributed by atoms with Gasteiger partial charge in [0.2, 0.25) is 0 Å². The molecule has 2 saturated carbocycles. The molecule has 2 heterocycles. The van der Waals surface area contributed by atoms with Crippen LogP contribution in [0.25, 0.3) is 21.7 Å². The average molecular weight is 412 g/mol. The van der Waals surface area contributed by atoms with E-state index >= 15 is 0 Å². The molecule has 0 atom stereocenters. The molecule has 0 bridgehead atoms. The van der Waals surface area contributed by atoms with Gasteiger partial charge in [0.05, 0.1) is 11.1 Å². The monoisotopic (exact) mass is 412 g/mol. The molecule has 6 nitrogen and oxygen atoms in total. The highest BCUT2D eigenvalue weighted by Crippen LogP contribution is 2.62. The smallest absolute Gasteiger partial charge is 0.272 e. The molecule has 0 unspecified atom stereocenters. The van der Waals surface area contributed by atoms with Gasteiger partial charge in [0.15, 0.2) is 0 Å². The largest absolute Gasteiger partial charge is 0.348 e. The molecule has 6 rings (SSSR count). The standard InChI is InChI=1S/C25H24N4O2/c1-29-20-9-5-2-6-15(20)10-21(29)24(31)26-17-13-25(14-17)11-16(12-25)22-18-7-3-4-8-19(18)23(30)28-27-22/h2-10,16-17H,11-14H2,1H3,(H,26,31)(H,28,30)/t16-,17-,25?. The highest BCUT2D eigenvalue weighted by Gasteiger charge is 2.54. The molecule has 0 saturated heterocycles. The number of benzene rings is 2. The highest BCUT2D eigenvalue weighted by molar-refractivity contribution is 5.98. The van der Waals surface area contributed by atoms with Gasteiger partial charge < -0.3 is 9.88 Å². The fraction of sp³-hybridized carbons (Fsp3) is 0.320. The van der Waals surface area contributed by atoms with E-state index in [2.05, 4.69) is 15.5 Å². The zero-order chi connectivity index (χ0) is 21.2. The van der Waals surface area contributed by atoms with E-state index < -0.39 is 0 Å². The SMILES string of the molecule is Cn1c(C(=O)N[C@H]2CC3(C2)C[C@H](c2n[nH]c(=O)c4ccccc42)C3)cc2ccccc21. The van der Waals surface area contributed by atoms with Crippen molar-refractivity contribution in [2.24, 2.45) is 12.5 Å². The zero-order valence-corrected chi connectivity index (χ0v) is 17.4. The van der Waals surface area contributed by atoms with Gasteiger partial charge >= 0.3 is 0 Å². The van der Waals surface area contributed by atoms with Crippen LogP contribution in [0.15, 0.2) is 59.4 Å². The number of nitrogens with zero attached hydrogens (tertiary/aromatic N) is 2. The van der Waals surface area contributed by atoms with Crippen molar-refractivity contribution in [3.8, 4) is 0 Å². The highest BCUT2D eigenvalue weighted by atomic mass is 16.2. The summed E-state index contributed by atoms with van der Waals surface area (Å²) in [7, 11) is 1.94. The van der Waals surface area contributed by atoms with Gasteiger partial charge in [-0.05, 0) is 49.3 Å². The van der Waals surface area contributed by atoms with Crippen molar-refractivity contribution in [2.75, 3.05) is 0 Å². The molecule has 2 aliphatic rings. The summed E-state index contributed by atoms with van der Waals surface area (Å²) >= 11 is 0. The minimum Gasteiger partial charge on any atom is -0.348 e. The number of fused-ring (bicyclic) bond motifs is 2. The lowest BCUT2D eigenvalue weighted by Crippen LogP contribution is -2.55. The summed E-state index contributed by atoms with van der Waals surface area (Å²) in [5.74, 6) is 0.374. The predicted molar refractivity (Wildman–Crippen MR) is 120 cm³/mol. The second-order valence-electron chi connectivity index (χ2n) is 9.31. The van der Waals surface area contributed by atoms with Crippen molar-refractivity contribution < 1.29 is 4.79 Å². The Morgan fingerprint density at radius 1 is 1.06 bits per heavy atom. The first-order valence-electron chi connectivity index (χ1n) is 10.9. The number of aromatic nitrogens is 3. The fourth-order valence-electron chi connectivity index (χ4n) is 5.81. The molecule has 6 heteroatoms. The van der Waals surface area contributed by atoms with Crippen molar-refractivity contribution in [3.05, 3.63) is 76.3 Å². The molecule has 2 aliphatic carbocycles. The Hall–Kier alpha value is -3.41. The van der Waals surface area contributed by atoms with E-state index in [1.807, 2.05) is 66.2 Å². The maximum atomic E-state index is 12.8. The van der Waals surface area contributed by atoms with Gasteiger partial charge in [0.25, 0.3) is 11.5 Å². The van der Waals surface area contributed by atoms with Crippen LogP contribution in [0.3, 0.4) is 0 Å². The van der Waals surface area contributed by atoms with Gasteiger partial charge in [-0.2, -0.15) is 5.10 Å². The maximum Gasteiger partial charge on any atom is 0.272 e. The molecular formula is C25H24N4O2. The molecule has 1 amide bonds. The Bertz CT molecular complexity index is 1390. The third kappa shape index (κ3) is 2.81. The molecule has 2 aromatic heterocycles. The molecule has 2 N–H and O–H groups in total. The van der Waals surface area contributed by atoms with Gasteiger partial charge in [-0.1, -0.05) is 36.4 Å². The number of amides is 1. The summed E-state index contributed by atoms with van der Waals surface area (Å²) in [6.07, 6.45) is 4.16. The van der Waals surface area contributed by atoms with Gasteiger partial charge in [0, 0.05) is 35.3 Å². The quantitative estimate of drug-likeness (QED) is 0.536. The fourth-order valence-corrected chi connectivity index (χ4v) is 5.81. The second kappa shape index (κ2) is 6.54. The van der Waals surface area contributed by atoms with Crippen molar-refractivity contribution in [1.82, 2.24) is 20.1 Å². The maximum absolute atomic E-state index is 12.8. The van der Waals surface area contributed by atoms with Crippen LogP contribution in [0.5, 0.6) is 0 Å². The normalized spacial score (nSPS) is 24.8. The molecular weight excluding hydrogens is 388 g/mol. The van der Waals surface area contributed by atoms with Crippen molar-refractivity contribution in [3.63, 3.8) is 0 Å². The van der Waals surface area contributed by atoms with E-state index in [1.54, 1.807) is 0 Å².